The lowest BCUT2D eigenvalue weighted by atomic mass is 9.92. The number of hydrogen-bond donors (Lipinski definition) is 1. The number of likely N-dealkylation sites (N-methyl/N-ethyl adjacent to an activating group) is 1. The Bertz CT molecular complexity index is 809. The molecule has 1 aromatic carbocycles. The smallest absolute Gasteiger partial charge is 0.308 e. The van der Waals surface area contributed by atoms with E-state index in [1.807, 2.05) is 27.7 Å². The lowest BCUT2D eigenvalue weighted by molar-refractivity contribution is -0.132. The first-order valence-electron chi connectivity index (χ1n) is 10.5. The molecule has 1 unspecified atom stereocenters. The van der Waals surface area contributed by atoms with Crippen molar-refractivity contribution in [3.63, 3.8) is 0 Å². The third-order valence-electron chi connectivity index (χ3n) is 5.21. The predicted molar refractivity (Wildman–Crippen MR) is 114 cm³/mol. The van der Waals surface area contributed by atoms with Gasteiger partial charge >= 0.3 is 5.97 Å². The van der Waals surface area contributed by atoms with E-state index in [0.717, 1.165) is 13.1 Å². The van der Waals surface area contributed by atoms with E-state index in [2.05, 4.69) is 4.90 Å². The zero-order valence-electron chi connectivity index (χ0n) is 18.5. The fraction of sp³-hybridized carbons (Fsp3) is 0.522. The van der Waals surface area contributed by atoms with Gasteiger partial charge in [0.25, 0.3) is 5.91 Å². The van der Waals surface area contributed by atoms with E-state index in [-0.39, 0.29) is 23.7 Å². The average molecular weight is 417 g/mol. The number of ether oxygens (including phenoxy) is 1. The van der Waals surface area contributed by atoms with Crippen LogP contribution in [0.2, 0.25) is 0 Å². The Hall–Kier alpha value is -2.67. The molecule has 0 aromatic heterocycles. The van der Waals surface area contributed by atoms with Gasteiger partial charge in [0.1, 0.15) is 5.75 Å². The Morgan fingerprint density at radius 3 is 2.27 bits per heavy atom. The van der Waals surface area contributed by atoms with E-state index < -0.39 is 23.7 Å². The van der Waals surface area contributed by atoms with Crippen LogP contribution in [0.5, 0.6) is 5.75 Å². The number of benzene rings is 1. The van der Waals surface area contributed by atoms with Crippen molar-refractivity contribution in [3.05, 3.63) is 41.2 Å². The van der Waals surface area contributed by atoms with Crippen LogP contribution in [0.4, 0.5) is 0 Å². The first-order valence-corrected chi connectivity index (χ1v) is 10.5. The average Bonchev–Trinajstić information content (AvgIpc) is 2.93. The number of carbonyl (C=O) groups is 3. The van der Waals surface area contributed by atoms with Crippen LogP contribution in [-0.4, -0.2) is 58.7 Å². The minimum absolute atomic E-state index is 0.101. The predicted octanol–water partition coefficient (Wildman–Crippen LogP) is 3.26. The number of aliphatic hydroxyl groups excluding tert-OH is 1. The molecule has 0 aliphatic carbocycles. The second kappa shape index (κ2) is 10.4. The van der Waals surface area contributed by atoms with Crippen LogP contribution in [0.1, 0.15) is 52.6 Å². The quantitative estimate of drug-likeness (QED) is 0.465. The van der Waals surface area contributed by atoms with Crippen molar-refractivity contribution in [1.82, 2.24) is 9.80 Å². The number of carbonyl (C=O) groups excluding carboxylic acids is 3. The van der Waals surface area contributed by atoms with Gasteiger partial charge in [0.15, 0.2) is 11.5 Å². The highest BCUT2D eigenvalue weighted by Crippen LogP contribution is 2.39. The van der Waals surface area contributed by atoms with Gasteiger partial charge in [-0.3, -0.25) is 14.4 Å². The molecule has 164 valence electrons. The molecule has 7 nitrogen and oxygen atoms in total. The summed E-state index contributed by atoms with van der Waals surface area (Å²) in [5, 5.41) is 10.6. The summed E-state index contributed by atoms with van der Waals surface area (Å²) in [6.45, 7) is 12.0. The zero-order chi connectivity index (χ0) is 22.4. The molecule has 1 aliphatic heterocycles. The van der Waals surface area contributed by atoms with Gasteiger partial charge in [0.2, 0.25) is 0 Å². The molecule has 0 saturated carbocycles. The number of hydrogen-bond acceptors (Lipinski definition) is 6. The molecule has 0 bridgehead atoms. The lowest BCUT2D eigenvalue weighted by Gasteiger charge is -2.29. The summed E-state index contributed by atoms with van der Waals surface area (Å²) in [5.41, 5.74) is 0.837. The normalized spacial score (nSPS) is 16.7. The SMILES string of the molecule is CCN(CC)CCN1C(=O)C(O)=C(C(=O)CC(C)C)C1c1ccc(OC(C)=O)cc1. The van der Waals surface area contributed by atoms with E-state index in [1.165, 1.54) is 6.92 Å². The molecular weight excluding hydrogens is 384 g/mol. The van der Waals surface area contributed by atoms with Gasteiger partial charge in [-0.15, -0.1) is 0 Å². The topological polar surface area (TPSA) is 87.2 Å². The molecule has 1 atom stereocenters. The van der Waals surface area contributed by atoms with Gasteiger partial charge in [0.05, 0.1) is 11.6 Å². The summed E-state index contributed by atoms with van der Waals surface area (Å²) in [7, 11) is 0. The standard InChI is InChI=1S/C23H32N2O5/c1-6-24(7-2)12-13-25-21(17-8-10-18(11-9-17)30-16(5)26)20(22(28)23(25)29)19(27)14-15(3)4/h8-11,15,21,28H,6-7,12-14H2,1-5H3. The molecule has 7 heteroatoms. The van der Waals surface area contributed by atoms with Crippen molar-refractivity contribution in [2.75, 3.05) is 26.2 Å². The van der Waals surface area contributed by atoms with Crippen molar-refractivity contribution < 1.29 is 24.2 Å². The van der Waals surface area contributed by atoms with Crippen LogP contribution in [0.15, 0.2) is 35.6 Å². The van der Waals surface area contributed by atoms with Crippen LogP contribution in [0.3, 0.4) is 0 Å². The van der Waals surface area contributed by atoms with Crippen LogP contribution in [0.25, 0.3) is 0 Å². The van der Waals surface area contributed by atoms with Crippen LogP contribution >= 0.6 is 0 Å². The third-order valence-corrected chi connectivity index (χ3v) is 5.21. The van der Waals surface area contributed by atoms with Crippen LogP contribution in [0, 0.1) is 5.92 Å². The maximum atomic E-state index is 12.9. The summed E-state index contributed by atoms with van der Waals surface area (Å²) in [5.74, 6) is -1.16. The molecule has 30 heavy (non-hydrogen) atoms. The second-order valence-electron chi connectivity index (χ2n) is 7.87. The van der Waals surface area contributed by atoms with Crippen molar-refractivity contribution in [3.8, 4) is 5.75 Å². The van der Waals surface area contributed by atoms with Crippen LogP contribution in [-0.2, 0) is 14.4 Å². The Morgan fingerprint density at radius 1 is 1.17 bits per heavy atom. The van der Waals surface area contributed by atoms with E-state index in [1.54, 1.807) is 29.2 Å². The first-order chi connectivity index (χ1) is 14.2. The monoisotopic (exact) mass is 416 g/mol. The van der Waals surface area contributed by atoms with Gasteiger partial charge < -0.3 is 19.6 Å². The summed E-state index contributed by atoms with van der Waals surface area (Å²) in [6.07, 6.45) is 0.249. The number of esters is 1. The van der Waals surface area contributed by atoms with Crippen molar-refractivity contribution in [2.45, 2.75) is 47.1 Å². The highest BCUT2D eigenvalue weighted by molar-refractivity contribution is 6.09. The van der Waals surface area contributed by atoms with E-state index in [4.69, 9.17) is 4.74 Å². The Morgan fingerprint density at radius 2 is 1.77 bits per heavy atom. The highest BCUT2D eigenvalue weighted by atomic mass is 16.5. The zero-order valence-corrected chi connectivity index (χ0v) is 18.5. The highest BCUT2D eigenvalue weighted by Gasteiger charge is 2.43. The van der Waals surface area contributed by atoms with E-state index in [9.17, 15) is 19.5 Å². The van der Waals surface area contributed by atoms with Gasteiger partial charge in [-0.05, 0) is 36.7 Å². The van der Waals surface area contributed by atoms with Crippen molar-refractivity contribution in [2.24, 2.45) is 5.92 Å². The first kappa shape index (κ1) is 23.6. The molecule has 1 aromatic rings. The second-order valence-corrected chi connectivity index (χ2v) is 7.87. The van der Waals surface area contributed by atoms with E-state index in [0.29, 0.717) is 24.4 Å². The summed E-state index contributed by atoms with van der Waals surface area (Å²) in [6, 6.07) is 6.04. The molecule has 1 amide bonds. The Balaban J connectivity index is 2.40. The van der Waals surface area contributed by atoms with Gasteiger partial charge in [-0.25, -0.2) is 0 Å². The number of Topliss-reactive ketones (excluding diaryl/α,β-unsaturated/α-hetero) is 1. The maximum Gasteiger partial charge on any atom is 0.308 e. The van der Waals surface area contributed by atoms with Gasteiger partial charge in [-0.1, -0.05) is 39.8 Å². The van der Waals surface area contributed by atoms with Crippen molar-refractivity contribution >= 4 is 17.7 Å². The fourth-order valence-electron chi connectivity index (χ4n) is 3.67. The molecular formula is C23H32N2O5. The van der Waals surface area contributed by atoms with Crippen LogP contribution < -0.4 is 4.74 Å². The lowest BCUT2D eigenvalue weighted by Crippen LogP contribution is -2.38. The minimum atomic E-state index is -0.661. The number of ketones is 1. The molecule has 0 radical (unpaired) electrons. The summed E-state index contributed by atoms with van der Waals surface area (Å²) in [4.78, 5) is 40.7. The third kappa shape index (κ3) is 5.48. The van der Waals surface area contributed by atoms with Gasteiger partial charge in [0, 0.05) is 26.4 Å². The summed E-state index contributed by atoms with van der Waals surface area (Å²) < 4.78 is 5.08. The summed E-state index contributed by atoms with van der Waals surface area (Å²) >= 11 is 0. The fourth-order valence-corrected chi connectivity index (χ4v) is 3.67. The van der Waals surface area contributed by atoms with E-state index >= 15 is 0 Å². The van der Waals surface area contributed by atoms with Crippen molar-refractivity contribution in [1.29, 1.82) is 0 Å². The molecule has 0 spiro atoms. The molecule has 2 rings (SSSR count). The largest absolute Gasteiger partial charge is 0.503 e. The molecule has 1 N–H and O–H groups in total. The molecule has 1 heterocycles. The maximum absolute atomic E-state index is 12.9. The Labute approximate surface area is 178 Å². The molecule has 1 aliphatic rings. The number of nitrogens with zero attached hydrogens (tertiary/aromatic N) is 2. The molecule has 0 saturated heterocycles. The molecule has 0 fully saturated rings. The Kier molecular flexibility index (Phi) is 8.17. The minimum Gasteiger partial charge on any atom is -0.503 e. The number of aliphatic hydroxyl groups is 1. The number of rotatable bonds is 10. The number of amides is 1. The van der Waals surface area contributed by atoms with Gasteiger partial charge in [-0.2, -0.15) is 0 Å².